The molecule has 0 aromatic carbocycles. The van der Waals surface area contributed by atoms with E-state index in [0.717, 1.165) is 31.8 Å². The summed E-state index contributed by atoms with van der Waals surface area (Å²) in [5.41, 5.74) is 2.17. The number of likely N-dealkylation sites (tertiary alicyclic amines) is 2. The zero-order valence-electron chi connectivity index (χ0n) is 23.4. The Balaban J connectivity index is 1.09. The van der Waals surface area contributed by atoms with Crippen molar-refractivity contribution in [3.63, 3.8) is 0 Å². The van der Waals surface area contributed by atoms with Crippen molar-refractivity contribution < 1.29 is 19.2 Å². The van der Waals surface area contributed by atoms with Crippen LogP contribution in [0, 0.1) is 23.7 Å². The van der Waals surface area contributed by atoms with Crippen molar-refractivity contribution in [2.24, 2.45) is 30.7 Å². The van der Waals surface area contributed by atoms with Crippen molar-refractivity contribution in [2.75, 3.05) is 26.2 Å². The summed E-state index contributed by atoms with van der Waals surface area (Å²) in [4.78, 5) is 17.8. The Kier molecular flexibility index (Phi) is 6.30. The first-order valence-corrected chi connectivity index (χ1v) is 15.2. The molecule has 0 N–H and O–H groups in total. The molecule has 7 heterocycles. The molecular formula is C30H47N3O4. The number of nitrogens with zero attached hydrogens (tertiary/aromatic N) is 3. The maximum Gasteiger partial charge on any atom is 0.201 e. The summed E-state index contributed by atoms with van der Waals surface area (Å²) >= 11 is 0. The van der Waals surface area contributed by atoms with Gasteiger partial charge >= 0.3 is 0 Å². The Hall–Kier alpha value is -0.960. The Bertz CT molecular complexity index is 985. The van der Waals surface area contributed by atoms with Gasteiger partial charge in [0.25, 0.3) is 0 Å². The standard InChI is InChI=1S/C30H47N3O4/c1-20-7-9-25-21(2)27(34-28-30(25)24(20)11-14-29(3,35-28)36-37-30)26-10-8-23(31(26)4)19-32-17-12-22(13-18-32)33-15-5-6-16-33/h8,10,20-22,24-25,27-28H,5-7,9,11-19H2,1-4H3/t20-,21-,24+,25+,27-,28-,29-,30-/m1/s1. The zero-order valence-corrected chi connectivity index (χ0v) is 23.4. The third-order valence-electron chi connectivity index (χ3n) is 11.3. The molecule has 0 unspecified atom stereocenters. The van der Waals surface area contributed by atoms with Gasteiger partial charge in [0.05, 0.1) is 0 Å². The van der Waals surface area contributed by atoms with Crippen LogP contribution in [0.15, 0.2) is 12.1 Å². The van der Waals surface area contributed by atoms with E-state index in [2.05, 4.69) is 47.4 Å². The van der Waals surface area contributed by atoms with E-state index in [-0.39, 0.29) is 12.4 Å². The Morgan fingerprint density at radius 3 is 2.49 bits per heavy atom. The van der Waals surface area contributed by atoms with E-state index in [1.807, 2.05) is 6.92 Å². The minimum Gasteiger partial charge on any atom is -0.348 e. The number of aromatic nitrogens is 1. The highest BCUT2D eigenvalue weighted by molar-refractivity contribution is 5.22. The fourth-order valence-corrected chi connectivity index (χ4v) is 9.04. The number of hydrogen-bond acceptors (Lipinski definition) is 6. The van der Waals surface area contributed by atoms with Crippen molar-refractivity contribution in [1.29, 1.82) is 0 Å². The topological polar surface area (TPSA) is 48.3 Å². The van der Waals surface area contributed by atoms with E-state index in [0.29, 0.717) is 23.7 Å². The molecule has 1 spiro atoms. The second-order valence-electron chi connectivity index (χ2n) is 13.4. The molecule has 8 rings (SSSR count). The molecule has 1 aromatic rings. The minimum absolute atomic E-state index is 0.000818. The first kappa shape index (κ1) is 25.0. The fourth-order valence-electron chi connectivity index (χ4n) is 9.04. The highest BCUT2D eigenvalue weighted by Gasteiger charge is 2.69. The van der Waals surface area contributed by atoms with Crippen LogP contribution in [0.5, 0.6) is 0 Å². The lowest BCUT2D eigenvalue weighted by Gasteiger charge is -2.60. The quantitative estimate of drug-likeness (QED) is 0.528. The number of ether oxygens (including phenoxy) is 2. The van der Waals surface area contributed by atoms with Gasteiger partial charge in [-0.2, -0.15) is 0 Å². The van der Waals surface area contributed by atoms with Crippen molar-refractivity contribution in [3.8, 4) is 0 Å². The molecule has 7 nitrogen and oxygen atoms in total. The molecule has 1 aliphatic carbocycles. The number of fused-ring (bicyclic) bond motifs is 2. The molecule has 37 heavy (non-hydrogen) atoms. The monoisotopic (exact) mass is 513 g/mol. The van der Waals surface area contributed by atoms with Crippen LogP contribution in [0.2, 0.25) is 0 Å². The Labute approximate surface area is 222 Å². The van der Waals surface area contributed by atoms with Gasteiger partial charge in [-0.25, -0.2) is 9.78 Å². The van der Waals surface area contributed by atoms with Crippen LogP contribution in [0.1, 0.15) is 89.6 Å². The molecular weight excluding hydrogens is 466 g/mol. The van der Waals surface area contributed by atoms with Crippen LogP contribution >= 0.6 is 0 Å². The lowest BCUT2D eigenvalue weighted by molar-refractivity contribution is -0.571. The minimum atomic E-state index is -0.719. The summed E-state index contributed by atoms with van der Waals surface area (Å²) in [6.07, 6.45) is 9.34. The van der Waals surface area contributed by atoms with E-state index in [1.54, 1.807) is 0 Å². The molecule has 0 radical (unpaired) electrons. The third-order valence-corrected chi connectivity index (χ3v) is 11.3. The lowest BCUT2D eigenvalue weighted by atomic mass is 9.57. The van der Waals surface area contributed by atoms with Crippen LogP contribution in [-0.4, -0.2) is 64.3 Å². The molecule has 1 aromatic heterocycles. The van der Waals surface area contributed by atoms with Gasteiger partial charge in [0.2, 0.25) is 5.79 Å². The second-order valence-corrected chi connectivity index (χ2v) is 13.4. The fraction of sp³-hybridized carbons (Fsp3) is 0.867. The van der Waals surface area contributed by atoms with E-state index < -0.39 is 11.4 Å². The molecule has 6 saturated heterocycles. The summed E-state index contributed by atoms with van der Waals surface area (Å²) < 4.78 is 15.9. The van der Waals surface area contributed by atoms with Crippen molar-refractivity contribution in [1.82, 2.24) is 14.4 Å². The van der Waals surface area contributed by atoms with Crippen LogP contribution in [0.4, 0.5) is 0 Å². The molecule has 7 heteroatoms. The summed E-state index contributed by atoms with van der Waals surface area (Å²) in [7, 11) is 2.23. The van der Waals surface area contributed by atoms with Crippen molar-refractivity contribution in [2.45, 2.75) is 109 Å². The first-order chi connectivity index (χ1) is 17.9. The SMILES string of the molecule is C[C@H]1[C@H](c2ccc(CN3CCC(N4CCCC4)CC3)n2C)O[C@@H]2O[C@@]3(C)CC[C@H]4[C@H](C)CC[C@@H]1[C@@]24OO3. The Morgan fingerprint density at radius 2 is 1.70 bits per heavy atom. The van der Waals surface area contributed by atoms with Gasteiger partial charge in [0.15, 0.2) is 11.9 Å². The number of piperidine rings is 1. The maximum absolute atomic E-state index is 6.93. The summed E-state index contributed by atoms with van der Waals surface area (Å²) in [6.45, 7) is 12.8. The van der Waals surface area contributed by atoms with Gasteiger partial charge in [-0.05, 0) is 94.8 Å². The van der Waals surface area contributed by atoms with Crippen LogP contribution < -0.4 is 0 Å². The van der Waals surface area contributed by atoms with Crippen LogP contribution in [0.3, 0.4) is 0 Å². The highest BCUT2D eigenvalue weighted by Crippen LogP contribution is 2.62. The summed E-state index contributed by atoms with van der Waals surface area (Å²) in [6, 6.07) is 5.44. The van der Waals surface area contributed by atoms with E-state index in [1.165, 1.54) is 69.7 Å². The van der Waals surface area contributed by atoms with Crippen molar-refractivity contribution in [3.05, 3.63) is 23.5 Å². The first-order valence-electron chi connectivity index (χ1n) is 15.2. The molecule has 2 bridgehead atoms. The zero-order chi connectivity index (χ0) is 25.4. The molecule has 206 valence electrons. The van der Waals surface area contributed by atoms with Gasteiger partial charge in [-0.15, -0.1) is 0 Å². The molecule has 6 aliphatic heterocycles. The smallest absolute Gasteiger partial charge is 0.201 e. The molecule has 0 amide bonds. The molecule has 1 saturated carbocycles. The van der Waals surface area contributed by atoms with E-state index in [4.69, 9.17) is 19.2 Å². The van der Waals surface area contributed by atoms with Crippen LogP contribution in [-0.2, 0) is 32.8 Å². The van der Waals surface area contributed by atoms with Gasteiger partial charge in [0.1, 0.15) is 6.10 Å². The molecule has 8 atom stereocenters. The average Bonchev–Trinajstić information content (AvgIpc) is 3.49. The van der Waals surface area contributed by atoms with Gasteiger partial charge in [-0.3, -0.25) is 4.90 Å². The molecule has 7 fully saturated rings. The number of rotatable bonds is 4. The summed E-state index contributed by atoms with van der Waals surface area (Å²) in [5.74, 6) is 0.983. The van der Waals surface area contributed by atoms with E-state index >= 15 is 0 Å². The predicted molar refractivity (Wildman–Crippen MR) is 140 cm³/mol. The third kappa shape index (κ3) is 3.98. The highest BCUT2D eigenvalue weighted by atomic mass is 17.3. The molecule has 7 aliphatic rings. The maximum atomic E-state index is 6.93. The number of hydrogen-bond donors (Lipinski definition) is 0. The van der Waals surface area contributed by atoms with Gasteiger partial charge in [0, 0.05) is 56.5 Å². The van der Waals surface area contributed by atoms with Crippen molar-refractivity contribution >= 4 is 0 Å². The van der Waals surface area contributed by atoms with Gasteiger partial charge < -0.3 is 18.9 Å². The summed E-state index contributed by atoms with van der Waals surface area (Å²) in [5, 5.41) is 0. The van der Waals surface area contributed by atoms with E-state index in [9.17, 15) is 0 Å². The lowest BCUT2D eigenvalue weighted by Crippen LogP contribution is -2.69. The van der Waals surface area contributed by atoms with Gasteiger partial charge in [-0.1, -0.05) is 13.8 Å². The predicted octanol–water partition coefficient (Wildman–Crippen LogP) is 5.01. The second kappa shape index (κ2) is 9.31. The van der Waals surface area contributed by atoms with Crippen LogP contribution in [0.25, 0.3) is 0 Å². The normalized spacial score (nSPS) is 45.2. The average molecular weight is 514 g/mol. The largest absolute Gasteiger partial charge is 0.348 e. The Morgan fingerprint density at radius 1 is 0.919 bits per heavy atom.